The maximum Gasteiger partial charge on any atom is 0.0642 e. The molecule has 3 atom stereocenters. The van der Waals surface area contributed by atoms with Crippen LogP contribution in [0.5, 0.6) is 0 Å². The van der Waals surface area contributed by atoms with Crippen LogP contribution in [0.2, 0.25) is 5.02 Å². The van der Waals surface area contributed by atoms with Gasteiger partial charge in [-0.2, -0.15) is 0 Å². The molecule has 1 aliphatic heterocycles. The van der Waals surface area contributed by atoms with Crippen molar-refractivity contribution in [2.24, 2.45) is 5.92 Å². The molecule has 1 saturated heterocycles. The number of hydrogen-bond donors (Lipinski definition) is 1. The molecule has 1 aromatic rings. The van der Waals surface area contributed by atoms with Crippen molar-refractivity contribution in [1.29, 1.82) is 0 Å². The highest BCUT2D eigenvalue weighted by molar-refractivity contribution is 6.33. The number of anilines is 1. The summed E-state index contributed by atoms with van der Waals surface area (Å²) in [7, 11) is 0. The Morgan fingerprint density at radius 2 is 2.10 bits per heavy atom. The van der Waals surface area contributed by atoms with E-state index < -0.39 is 0 Å². The van der Waals surface area contributed by atoms with E-state index in [4.69, 9.17) is 11.6 Å². The number of nitrogens with one attached hydrogen (secondary N) is 1. The molecule has 0 aliphatic carbocycles. The molecule has 1 N–H and O–H groups in total. The smallest absolute Gasteiger partial charge is 0.0642 e. The molecule has 1 aromatic carbocycles. The molecule has 0 saturated carbocycles. The molecule has 2 rings (SSSR count). The highest BCUT2D eigenvalue weighted by Gasteiger charge is 2.33. The summed E-state index contributed by atoms with van der Waals surface area (Å²) in [5.74, 6) is 0.631. The van der Waals surface area contributed by atoms with Crippen LogP contribution in [-0.4, -0.2) is 25.2 Å². The summed E-state index contributed by atoms with van der Waals surface area (Å²) < 4.78 is 0. The van der Waals surface area contributed by atoms with Gasteiger partial charge in [-0.1, -0.05) is 37.6 Å². The maximum absolute atomic E-state index is 6.44. The number of para-hydroxylation sites is 1. The third kappa shape index (κ3) is 3.12. The second-order valence-corrected chi connectivity index (χ2v) is 6.45. The molecule has 20 heavy (non-hydrogen) atoms. The van der Waals surface area contributed by atoms with Crippen LogP contribution in [0.3, 0.4) is 0 Å². The first-order chi connectivity index (χ1) is 9.56. The Kier molecular flexibility index (Phi) is 5.34. The predicted molar refractivity (Wildman–Crippen MR) is 88.9 cm³/mol. The summed E-state index contributed by atoms with van der Waals surface area (Å²) in [6.45, 7) is 11.3. The van der Waals surface area contributed by atoms with Crippen LogP contribution >= 0.6 is 11.6 Å². The first kappa shape index (κ1) is 15.7. The molecule has 1 heterocycles. The van der Waals surface area contributed by atoms with Crippen LogP contribution in [0.25, 0.3) is 0 Å². The van der Waals surface area contributed by atoms with Crippen molar-refractivity contribution < 1.29 is 0 Å². The van der Waals surface area contributed by atoms with Crippen molar-refractivity contribution in [2.75, 3.05) is 18.0 Å². The Hall–Kier alpha value is -0.730. The second kappa shape index (κ2) is 6.82. The summed E-state index contributed by atoms with van der Waals surface area (Å²) in [6, 6.07) is 7.33. The summed E-state index contributed by atoms with van der Waals surface area (Å²) in [5, 5.41) is 4.57. The molecule has 0 aromatic heterocycles. The number of halogens is 1. The van der Waals surface area contributed by atoms with Gasteiger partial charge in [0.05, 0.1) is 10.7 Å². The molecule has 1 fully saturated rings. The molecule has 3 unspecified atom stereocenters. The maximum atomic E-state index is 6.44. The standard InChI is InChI=1S/C17H27ClN2/c1-5-10-19-16-9-11-20(14(4)13(16)3)17-12(2)7-6-8-15(17)18/h6-8,13-14,16,19H,5,9-11H2,1-4H3. The van der Waals surface area contributed by atoms with Gasteiger partial charge >= 0.3 is 0 Å². The summed E-state index contributed by atoms with van der Waals surface area (Å²) >= 11 is 6.44. The normalized spacial score (nSPS) is 26.9. The van der Waals surface area contributed by atoms with Crippen molar-refractivity contribution in [1.82, 2.24) is 5.32 Å². The number of rotatable bonds is 4. The van der Waals surface area contributed by atoms with Crippen molar-refractivity contribution in [3.05, 3.63) is 28.8 Å². The van der Waals surface area contributed by atoms with Crippen molar-refractivity contribution >= 4 is 17.3 Å². The minimum atomic E-state index is 0.511. The molecular weight excluding hydrogens is 268 g/mol. The van der Waals surface area contributed by atoms with Gasteiger partial charge in [0, 0.05) is 18.6 Å². The minimum Gasteiger partial charge on any atom is -0.367 e. The second-order valence-electron chi connectivity index (χ2n) is 6.05. The average molecular weight is 295 g/mol. The molecule has 0 spiro atoms. The van der Waals surface area contributed by atoms with E-state index in [1.54, 1.807) is 0 Å². The highest BCUT2D eigenvalue weighted by Crippen LogP contribution is 2.35. The first-order valence-corrected chi connectivity index (χ1v) is 8.19. The van der Waals surface area contributed by atoms with Crippen LogP contribution in [0, 0.1) is 12.8 Å². The Bertz CT molecular complexity index is 426. The zero-order valence-electron chi connectivity index (χ0n) is 13.1. The topological polar surface area (TPSA) is 15.3 Å². The lowest BCUT2D eigenvalue weighted by Crippen LogP contribution is -2.53. The molecule has 0 bridgehead atoms. The number of nitrogens with zero attached hydrogens (tertiary/aromatic N) is 1. The third-order valence-electron chi connectivity index (χ3n) is 4.70. The fourth-order valence-electron chi connectivity index (χ4n) is 3.28. The van der Waals surface area contributed by atoms with Gasteiger partial charge in [-0.05, 0) is 50.8 Å². The first-order valence-electron chi connectivity index (χ1n) is 7.81. The fraction of sp³-hybridized carbons (Fsp3) is 0.647. The van der Waals surface area contributed by atoms with Gasteiger partial charge in [-0.25, -0.2) is 0 Å². The van der Waals surface area contributed by atoms with E-state index in [-0.39, 0.29) is 0 Å². The summed E-state index contributed by atoms with van der Waals surface area (Å²) in [5.41, 5.74) is 2.50. The van der Waals surface area contributed by atoms with E-state index in [1.807, 2.05) is 12.1 Å². The fourth-order valence-corrected chi connectivity index (χ4v) is 3.62. The van der Waals surface area contributed by atoms with Crippen LogP contribution < -0.4 is 10.2 Å². The van der Waals surface area contributed by atoms with Crippen LogP contribution in [-0.2, 0) is 0 Å². The quantitative estimate of drug-likeness (QED) is 0.893. The van der Waals surface area contributed by atoms with E-state index in [9.17, 15) is 0 Å². The predicted octanol–water partition coefficient (Wildman–Crippen LogP) is 4.25. The third-order valence-corrected chi connectivity index (χ3v) is 5.01. The van der Waals surface area contributed by atoms with Crippen molar-refractivity contribution in [3.63, 3.8) is 0 Å². The van der Waals surface area contributed by atoms with E-state index >= 15 is 0 Å². The number of piperidine rings is 1. The van der Waals surface area contributed by atoms with E-state index in [0.717, 1.165) is 18.1 Å². The number of aryl methyl sites for hydroxylation is 1. The molecule has 1 aliphatic rings. The van der Waals surface area contributed by atoms with Crippen molar-refractivity contribution in [2.45, 2.75) is 52.6 Å². The minimum absolute atomic E-state index is 0.511. The van der Waals surface area contributed by atoms with Crippen LogP contribution in [0.4, 0.5) is 5.69 Å². The number of hydrogen-bond acceptors (Lipinski definition) is 2. The molecule has 0 amide bonds. The van der Waals surface area contributed by atoms with Crippen LogP contribution in [0.1, 0.15) is 39.2 Å². The Labute approximate surface area is 128 Å². The van der Waals surface area contributed by atoms with Gasteiger partial charge in [0.15, 0.2) is 0 Å². The van der Waals surface area contributed by atoms with Gasteiger partial charge in [0.25, 0.3) is 0 Å². The molecule has 3 heteroatoms. The van der Waals surface area contributed by atoms with E-state index in [2.05, 4.69) is 44.0 Å². The van der Waals surface area contributed by atoms with Gasteiger partial charge in [-0.15, -0.1) is 0 Å². The molecule has 0 radical (unpaired) electrons. The molecular formula is C17H27ClN2. The zero-order valence-corrected chi connectivity index (χ0v) is 13.9. The lowest BCUT2D eigenvalue weighted by Gasteiger charge is -2.45. The lowest BCUT2D eigenvalue weighted by molar-refractivity contribution is 0.271. The number of benzene rings is 1. The average Bonchev–Trinajstić information content (AvgIpc) is 2.42. The van der Waals surface area contributed by atoms with E-state index in [0.29, 0.717) is 18.0 Å². The Balaban J connectivity index is 2.16. The lowest BCUT2D eigenvalue weighted by atomic mass is 9.86. The monoisotopic (exact) mass is 294 g/mol. The van der Waals surface area contributed by atoms with E-state index in [1.165, 1.54) is 24.1 Å². The zero-order chi connectivity index (χ0) is 14.7. The van der Waals surface area contributed by atoms with Crippen molar-refractivity contribution in [3.8, 4) is 0 Å². The highest BCUT2D eigenvalue weighted by atomic mass is 35.5. The SMILES string of the molecule is CCCNC1CCN(c2c(C)cccc2Cl)C(C)C1C. The molecule has 2 nitrogen and oxygen atoms in total. The van der Waals surface area contributed by atoms with Gasteiger partial charge in [0.2, 0.25) is 0 Å². The summed E-state index contributed by atoms with van der Waals surface area (Å²) in [4.78, 5) is 2.49. The summed E-state index contributed by atoms with van der Waals surface area (Å²) in [6.07, 6.45) is 2.39. The van der Waals surface area contributed by atoms with Gasteiger partial charge in [-0.3, -0.25) is 0 Å². The largest absolute Gasteiger partial charge is 0.367 e. The van der Waals surface area contributed by atoms with Gasteiger partial charge < -0.3 is 10.2 Å². The van der Waals surface area contributed by atoms with Gasteiger partial charge in [0.1, 0.15) is 0 Å². The Morgan fingerprint density at radius 1 is 1.35 bits per heavy atom. The Morgan fingerprint density at radius 3 is 2.75 bits per heavy atom. The van der Waals surface area contributed by atoms with Crippen LogP contribution in [0.15, 0.2) is 18.2 Å². The molecule has 112 valence electrons.